The van der Waals surface area contributed by atoms with Gasteiger partial charge in [-0.1, -0.05) is 25.1 Å². The Kier molecular flexibility index (Phi) is 29.7. The maximum Gasteiger partial charge on any atom is 0.329 e. The number of amides is 6. The summed E-state index contributed by atoms with van der Waals surface area (Å²) in [6.45, 7) is 12.4. The van der Waals surface area contributed by atoms with Crippen LogP contribution in [0, 0.1) is 122 Å². The first-order valence-electron chi connectivity index (χ1n) is 46.8. The first kappa shape index (κ1) is 103. The second kappa shape index (κ2) is 42.9. The minimum absolute atomic E-state index is 0.148. The van der Waals surface area contributed by atoms with Gasteiger partial charge in [0.1, 0.15) is 52.2 Å². The zero-order chi connectivity index (χ0) is 106. The van der Waals surface area contributed by atoms with Crippen molar-refractivity contribution in [3.8, 4) is 23.4 Å². The van der Waals surface area contributed by atoms with E-state index in [9.17, 15) is 81.0 Å². The molecular weight excluding hydrogens is 1960 g/mol. The van der Waals surface area contributed by atoms with Crippen molar-refractivity contribution in [2.45, 2.75) is 136 Å². The Morgan fingerprint density at radius 3 is 1.32 bits per heavy atom. The summed E-state index contributed by atoms with van der Waals surface area (Å²) in [6.07, 6.45) is 9.48. The summed E-state index contributed by atoms with van der Waals surface area (Å²) < 4.78 is 204. The maximum absolute atomic E-state index is 13.9. The summed E-state index contributed by atoms with van der Waals surface area (Å²) in [5.41, 5.74) is 13.2. The standard InChI is InChI=1S/C23H21F2N3O2.C21H16F3N5O.2C21H19F3N4O2.C21H20F2N4O2/c1-12-5-15-10-30-11-16(15)8-19(12)26-23-27-22(29)13(2)20-3-4-21(28(20)23)14-6-17(24)9-18(25)7-14;1-11-3-4-12(10-25)7-16(11)26-20-27-21(30)28(2)18-6-5-17(29(18)20)13-8-14(22)19(24)15(23)9-13;1-11-8-13(30-3)4-5-16(11)25-20-26-21(29)27(2)18-7-6-17(28(18)20)12-9-14(22)19(24)15(23)10-12;1-11-4-5-13(30-3)10-16(11)25-20-26-21(29)27(2)18-7-6-17(28(18)20)12-8-14(22)19(24)15(23)9-12;1-3-16-17(5-7-20(24-16)29-2)25-21-26-19(28)11-15-4-6-18(27(15)21)12-8-13(22)10-14(23)9-12/h5-9,21H,3-4,10-11H2,1-2H3,(H,26,27,29);3-4,6-9,17H,5H2,1-2H3,(H,26,27,30);2*4-5,7-10,17H,6H2,1-3H3,(H,25,26,29);5,7-11,18H,3-4,6H2,1-2H3,(H,25,26,28). The number of benzene rings is 9. The van der Waals surface area contributed by atoms with Crippen LogP contribution in [0.15, 0.2) is 218 Å². The number of halogens is 13. The number of rotatable bonds is 16. The molecule has 0 spiro atoms. The van der Waals surface area contributed by atoms with Crippen LogP contribution < -0.4 is 51.9 Å². The number of nitriles is 1. The van der Waals surface area contributed by atoms with E-state index in [4.69, 9.17) is 24.2 Å². The summed E-state index contributed by atoms with van der Waals surface area (Å²) in [6, 6.07) is 35.9. The minimum atomic E-state index is -1.54. The molecule has 29 nitrogen and oxygen atoms in total. The van der Waals surface area contributed by atoms with Gasteiger partial charge in [-0.3, -0.25) is 54.9 Å². The molecule has 5 unspecified atom stereocenters. The van der Waals surface area contributed by atoms with Gasteiger partial charge in [-0.05, 0) is 275 Å². The molecule has 6 amide bonds. The molecule has 3 fully saturated rings. The van der Waals surface area contributed by atoms with Crippen LogP contribution >= 0.6 is 0 Å². The summed E-state index contributed by atoms with van der Waals surface area (Å²) in [4.78, 5) is 97.5. The van der Waals surface area contributed by atoms with Crippen molar-refractivity contribution in [3.63, 3.8) is 0 Å². The fraction of sp³-hybridized carbons (Fsp3) is 0.252. The van der Waals surface area contributed by atoms with E-state index in [2.05, 4.69) is 62.6 Å². The lowest BCUT2D eigenvalue weighted by molar-refractivity contribution is 0.134. The Hall–Kier alpha value is -17.1. The molecule has 12 heterocycles. The molecule has 9 aromatic carbocycles. The lowest BCUT2D eigenvalue weighted by Gasteiger charge is -2.38. The van der Waals surface area contributed by atoms with Crippen LogP contribution in [0.3, 0.4) is 0 Å². The van der Waals surface area contributed by atoms with Gasteiger partial charge in [0.2, 0.25) is 35.7 Å². The molecule has 5 N–H and O–H groups in total. The van der Waals surface area contributed by atoms with Crippen LogP contribution in [0.1, 0.15) is 159 Å². The summed E-state index contributed by atoms with van der Waals surface area (Å²) >= 11 is 0. The smallest absolute Gasteiger partial charge is 0.329 e. The highest BCUT2D eigenvalue weighted by Crippen LogP contribution is 2.46. The molecular formula is C107H95F13N20O9. The average molecular weight is 2050 g/mol. The van der Waals surface area contributed by atoms with E-state index in [-0.39, 0.29) is 63.8 Å². The summed E-state index contributed by atoms with van der Waals surface area (Å²) in [5, 5.41) is 23.7. The van der Waals surface area contributed by atoms with Crippen molar-refractivity contribution in [2.75, 3.05) is 53.1 Å². The van der Waals surface area contributed by atoms with E-state index in [0.717, 1.165) is 105 Å². The van der Waals surface area contributed by atoms with Gasteiger partial charge < -0.3 is 38.7 Å². The molecule has 0 aliphatic carbocycles. The lowest BCUT2D eigenvalue weighted by Crippen LogP contribution is -2.56. The molecule has 768 valence electrons. The number of carbonyl (C=O) groups is 3. The molecule has 5 atom stereocenters. The number of nitrogens with zero attached hydrogens (tertiary/aromatic N) is 15. The maximum atomic E-state index is 13.9. The van der Waals surface area contributed by atoms with Gasteiger partial charge in [0.05, 0.1) is 105 Å². The first-order chi connectivity index (χ1) is 71.3. The number of anilines is 4. The van der Waals surface area contributed by atoms with Crippen molar-refractivity contribution >= 4 is 76.3 Å². The van der Waals surface area contributed by atoms with Crippen LogP contribution in [0.4, 0.5) is 112 Å². The van der Waals surface area contributed by atoms with E-state index in [1.807, 2.05) is 61.1 Å². The summed E-state index contributed by atoms with van der Waals surface area (Å²) in [5.74, 6) is -10.2. The fourth-order valence-electron chi connectivity index (χ4n) is 19.0. The number of hydrogen-bond donors (Lipinski definition) is 5. The number of guanidine groups is 3. The van der Waals surface area contributed by atoms with Crippen molar-refractivity contribution in [1.82, 2.24) is 69.4 Å². The molecule has 9 aliphatic heterocycles. The quantitative estimate of drug-likeness (QED) is 0.0443. The van der Waals surface area contributed by atoms with E-state index in [0.29, 0.717) is 156 Å². The predicted molar refractivity (Wildman–Crippen MR) is 526 cm³/mol. The Bertz CT molecular complexity index is 7710. The Balaban J connectivity index is 0.000000127. The molecule has 149 heavy (non-hydrogen) atoms. The number of aromatic nitrogens is 5. The number of aliphatic imine (C=N–C) groups is 3. The molecule has 42 heteroatoms. The van der Waals surface area contributed by atoms with E-state index < -0.39 is 106 Å². The predicted octanol–water partition coefficient (Wildman–Crippen LogP) is 21.1. The van der Waals surface area contributed by atoms with Gasteiger partial charge in [-0.25, -0.2) is 91.4 Å². The van der Waals surface area contributed by atoms with Crippen LogP contribution in [-0.2, 0) is 37.2 Å². The first-order valence-corrected chi connectivity index (χ1v) is 46.8. The summed E-state index contributed by atoms with van der Waals surface area (Å²) in [7, 11) is 9.36. The number of carbonyl (C=O) groups excluding carboxylic acids is 3. The van der Waals surface area contributed by atoms with Gasteiger partial charge in [0, 0.05) is 74.1 Å². The molecule has 3 aromatic heterocycles. The van der Waals surface area contributed by atoms with Crippen molar-refractivity contribution in [1.29, 1.82) is 5.26 Å². The zero-order valence-corrected chi connectivity index (χ0v) is 82.0. The highest BCUT2D eigenvalue weighted by molar-refractivity contribution is 6.04. The lowest BCUT2D eigenvalue weighted by atomic mass is 10.0. The Morgan fingerprint density at radius 1 is 0.430 bits per heavy atom. The van der Waals surface area contributed by atoms with Crippen molar-refractivity contribution < 1.29 is 90.4 Å². The Labute approximate surface area is 844 Å². The number of aryl methyl sites for hydroxylation is 6. The van der Waals surface area contributed by atoms with E-state index >= 15 is 0 Å². The molecule has 21 rings (SSSR count). The number of nitrogens with one attached hydrogen (secondary N) is 5. The van der Waals surface area contributed by atoms with E-state index in [1.54, 1.807) is 137 Å². The molecule has 3 saturated heterocycles. The molecule has 12 aromatic rings. The minimum Gasteiger partial charge on any atom is -0.497 e. The third-order valence-corrected chi connectivity index (χ3v) is 26.6. The average Bonchev–Trinajstić information content (AvgIpc) is 1.63. The van der Waals surface area contributed by atoms with Gasteiger partial charge in [-0.15, -0.1) is 0 Å². The van der Waals surface area contributed by atoms with Gasteiger partial charge in [0.25, 0.3) is 11.1 Å². The number of urea groups is 3. The second-order valence-electron chi connectivity index (χ2n) is 36.0. The van der Waals surface area contributed by atoms with Crippen LogP contribution in [0.2, 0.25) is 0 Å². The third kappa shape index (κ3) is 21.2. The van der Waals surface area contributed by atoms with E-state index in [1.165, 1.54) is 52.1 Å². The number of fused-ring (bicyclic) bond motifs is 6. The fourth-order valence-corrected chi connectivity index (χ4v) is 19.0. The van der Waals surface area contributed by atoms with Gasteiger partial charge >= 0.3 is 18.1 Å². The van der Waals surface area contributed by atoms with Gasteiger partial charge in [0.15, 0.2) is 52.4 Å². The SMILES string of the molecule is CCc1nc(OC)ccc1Nc1nc(=O)cc2n1C(c1cc(F)cc(F)c1)CC2.COc1ccc(C)c(N=C2NC(=O)N(C)C3=CCC(c4cc(F)c(F)c(F)c4)N32)c1.COc1ccc(N=C2NC(=O)N(C)C3=CCC(c4cc(F)c(F)c(F)c4)N32)c(C)c1.Cc1cc2c(cc1Nc1nc(=O)c(C)c3n1C(c1cc(F)cc(F)c1)CC3)COC2.Cc1ccc(C#N)cc1N=C1NC(=O)N(C)C2=CCC(c3cc(F)c(F)c(F)c3)N21. The van der Waals surface area contributed by atoms with Crippen LogP contribution in [0.5, 0.6) is 17.4 Å². The monoisotopic (exact) mass is 2050 g/mol. The topological polar surface area (TPSA) is 311 Å². The molecule has 0 bridgehead atoms. The number of methoxy groups -OCH3 is 3. The molecule has 9 aliphatic rings. The number of hydrogen-bond acceptors (Lipinski definition) is 18. The largest absolute Gasteiger partial charge is 0.497 e. The number of ether oxygens (including phenoxy) is 4. The molecule has 0 saturated carbocycles. The van der Waals surface area contributed by atoms with Crippen LogP contribution in [0.25, 0.3) is 0 Å². The Morgan fingerprint density at radius 2 is 0.852 bits per heavy atom. The van der Waals surface area contributed by atoms with Crippen LogP contribution in [-0.4, -0.2) is 132 Å². The van der Waals surface area contributed by atoms with Gasteiger partial charge in [-0.2, -0.15) is 15.2 Å². The number of pyridine rings is 1. The normalized spacial score (nSPS) is 18.3. The second-order valence-corrected chi connectivity index (χ2v) is 36.0. The van der Waals surface area contributed by atoms with Crippen molar-refractivity contribution in [3.05, 3.63) is 379 Å². The highest BCUT2D eigenvalue weighted by Gasteiger charge is 2.45. The third-order valence-electron chi connectivity index (χ3n) is 26.6. The zero-order valence-electron chi connectivity index (χ0n) is 82.0. The van der Waals surface area contributed by atoms with Crippen molar-refractivity contribution in [2.24, 2.45) is 15.0 Å². The molecule has 0 radical (unpaired) electrons. The highest BCUT2D eigenvalue weighted by atomic mass is 19.2.